The van der Waals surface area contributed by atoms with Gasteiger partial charge in [0.05, 0.1) is 11.7 Å². The topological polar surface area (TPSA) is 95.1 Å². The van der Waals surface area contributed by atoms with Crippen LogP contribution >= 0.6 is 11.8 Å². The molecular weight excluding hydrogens is 290 g/mol. The maximum absolute atomic E-state index is 12.3. The number of thioether (sulfide) groups is 1. The van der Waals surface area contributed by atoms with Crippen LogP contribution < -0.4 is 11.0 Å². The van der Waals surface area contributed by atoms with Gasteiger partial charge in [0.2, 0.25) is 0 Å². The summed E-state index contributed by atoms with van der Waals surface area (Å²) in [7, 11) is 0. The maximum atomic E-state index is 12.3. The van der Waals surface area contributed by atoms with Crippen molar-refractivity contribution in [3.63, 3.8) is 0 Å². The maximum Gasteiger partial charge on any atom is 0.346 e. The van der Waals surface area contributed by atoms with Gasteiger partial charge in [-0.15, -0.1) is 11.8 Å². The molecule has 0 aliphatic heterocycles. The molecule has 21 heavy (non-hydrogen) atoms. The van der Waals surface area contributed by atoms with Crippen molar-refractivity contribution in [1.82, 2.24) is 15.3 Å². The molecule has 1 heterocycles. The summed E-state index contributed by atoms with van der Waals surface area (Å²) in [5.74, 6) is 0.206. The Bertz CT molecular complexity index is 565. The molecular formula is C14H21N3O3S. The molecule has 0 atom stereocenters. The lowest BCUT2D eigenvalue weighted by molar-refractivity contribution is 0.0906. The van der Waals surface area contributed by atoms with Gasteiger partial charge >= 0.3 is 5.69 Å². The lowest BCUT2D eigenvalue weighted by atomic mass is 9.87. The predicted molar refractivity (Wildman–Crippen MR) is 81.7 cm³/mol. The van der Waals surface area contributed by atoms with Crippen molar-refractivity contribution < 1.29 is 9.90 Å². The van der Waals surface area contributed by atoms with Crippen LogP contribution in [0.4, 0.5) is 0 Å². The van der Waals surface area contributed by atoms with E-state index >= 15 is 0 Å². The van der Waals surface area contributed by atoms with E-state index < -0.39 is 5.69 Å². The van der Waals surface area contributed by atoms with Crippen molar-refractivity contribution in [3.05, 3.63) is 21.7 Å². The van der Waals surface area contributed by atoms with Crippen LogP contribution in [0.1, 0.15) is 41.7 Å². The molecule has 6 nitrogen and oxygen atoms in total. The predicted octanol–water partition coefficient (Wildman–Crippen LogP) is 1.08. The Labute approximate surface area is 127 Å². The summed E-state index contributed by atoms with van der Waals surface area (Å²) in [4.78, 5) is 30.1. The van der Waals surface area contributed by atoms with Crippen LogP contribution in [0.3, 0.4) is 0 Å². The van der Waals surface area contributed by atoms with E-state index in [-0.39, 0.29) is 12.0 Å². The molecule has 7 heteroatoms. The number of aliphatic hydroxyl groups is 1. The number of hydrogen-bond acceptors (Lipinski definition) is 5. The third kappa shape index (κ3) is 4.07. The summed E-state index contributed by atoms with van der Waals surface area (Å²) < 4.78 is 0. The van der Waals surface area contributed by atoms with Crippen molar-refractivity contribution >= 4 is 17.7 Å². The molecule has 1 amide bonds. The Balaban J connectivity index is 2.02. The van der Waals surface area contributed by atoms with Crippen LogP contribution in [0.25, 0.3) is 0 Å². The third-order valence-electron chi connectivity index (χ3n) is 3.87. The van der Waals surface area contributed by atoms with E-state index in [4.69, 9.17) is 0 Å². The summed E-state index contributed by atoms with van der Waals surface area (Å²) in [5.41, 5.74) is 0.545. The number of H-pyrrole nitrogens is 1. The van der Waals surface area contributed by atoms with Gasteiger partial charge in [-0.2, -0.15) is 4.98 Å². The van der Waals surface area contributed by atoms with E-state index in [0.29, 0.717) is 28.7 Å². The second-order valence-corrected chi connectivity index (χ2v) is 6.23. The molecule has 116 valence electrons. The minimum atomic E-state index is -0.435. The van der Waals surface area contributed by atoms with Gasteiger partial charge in [-0.3, -0.25) is 4.79 Å². The number of amides is 1. The van der Waals surface area contributed by atoms with Crippen LogP contribution in [-0.2, 0) is 0 Å². The van der Waals surface area contributed by atoms with Gasteiger partial charge in [0.15, 0.2) is 0 Å². The summed E-state index contributed by atoms with van der Waals surface area (Å²) in [6.07, 6.45) is 5.07. The summed E-state index contributed by atoms with van der Waals surface area (Å²) in [5, 5.41) is 12.9. The zero-order valence-corrected chi connectivity index (χ0v) is 13.1. The normalized spacial score (nSPS) is 22.0. The van der Waals surface area contributed by atoms with Gasteiger partial charge < -0.3 is 15.4 Å². The molecule has 1 aromatic rings. The largest absolute Gasteiger partial charge is 0.393 e. The van der Waals surface area contributed by atoms with E-state index in [1.165, 1.54) is 11.8 Å². The first kappa shape index (κ1) is 16.0. The fraction of sp³-hybridized carbons (Fsp3) is 0.643. The quantitative estimate of drug-likeness (QED) is 0.571. The number of carbonyl (C=O) groups is 1. The zero-order chi connectivity index (χ0) is 15.4. The first-order valence-electron chi connectivity index (χ1n) is 7.12. The highest BCUT2D eigenvalue weighted by molar-refractivity contribution is 7.98. The lowest BCUT2D eigenvalue weighted by Gasteiger charge is -2.25. The highest BCUT2D eigenvalue weighted by Crippen LogP contribution is 2.24. The molecule has 0 radical (unpaired) electrons. The molecule has 0 aromatic carbocycles. The fourth-order valence-corrected chi connectivity index (χ4v) is 3.27. The Morgan fingerprint density at radius 3 is 2.71 bits per heavy atom. The molecule has 1 aliphatic rings. The van der Waals surface area contributed by atoms with E-state index in [9.17, 15) is 14.7 Å². The highest BCUT2D eigenvalue weighted by Gasteiger charge is 2.22. The average molecular weight is 311 g/mol. The van der Waals surface area contributed by atoms with E-state index in [1.54, 1.807) is 13.2 Å². The highest BCUT2D eigenvalue weighted by atomic mass is 32.2. The van der Waals surface area contributed by atoms with Gasteiger partial charge in [0.1, 0.15) is 5.03 Å². The van der Waals surface area contributed by atoms with Gasteiger partial charge in [-0.1, -0.05) is 0 Å². The van der Waals surface area contributed by atoms with Crippen molar-refractivity contribution in [2.24, 2.45) is 5.92 Å². The minimum absolute atomic E-state index is 0.189. The number of hydrogen-bond donors (Lipinski definition) is 3. The molecule has 2 rings (SSSR count). The van der Waals surface area contributed by atoms with E-state index in [0.717, 1.165) is 25.7 Å². The Morgan fingerprint density at radius 2 is 2.10 bits per heavy atom. The van der Waals surface area contributed by atoms with Gasteiger partial charge in [0.25, 0.3) is 5.91 Å². The SMILES string of the molecule is CSc1nc(=O)[nH]c(C)c1C(=O)NCC1CCC(O)CC1. The number of rotatable bonds is 4. The third-order valence-corrected chi connectivity index (χ3v) is 4.56. The molecule has 3 N–H and O–H groups in total. The Kier molecular flexibility index (Phi) is 5.41. The zero-order valence-electron chi connectivity index (χ0n) is 12.3. The number of aromatic nitrogens is 2. The first-order chi connectivity index (χ1) is 10.0. The van der Waals surface area contributed by atoms with Crippen LogP contribution in [0.5, 0.6) is 0 Å². The van der Waals surface area contributed by atoms with Gasteiger partial charge in [-0.05, 0) is 44.8 Å². The second-order valence-electron chi connectivity index (χ2n) is 5.44. The number of aryl methyl sites for hydroxylation is 1. The van der Waals surface area contributed by atoms with E-state index in [1.807, 2.05) is 0 Å². The van der Waals surface area contributed by atoms with E-state index in [2.05, 4.69) is 15.3 Å². The Hall–Kier alpha value is -1.34. The molecule has 0 saturated heterocycles. The Morgan fingerprint density at radius 1 is 1.43 bits per heavy atom. The minimum Gasteiger partial charge on any atom is -0.393 e. The van der Waals surface area contributed by atoms with Gasteiger partial charge in [0, 0.05) is 12.2 Å². The van der Waals surface area contributed by atoms with Crippen molar-refractivity contribution in [2.75, 3.05) is 12.8 Å². The summed E-state index contributed by atoms with van der Waals surface area (Å²) in [6.45, 7) is 2.30. The second kappa shape index (κ2) is 7.09. The molecule has 1 saturated carbocycles. The van der Waals surface area contributed by atoms with Crippen LogP contribution in [0, 0.1) is 12.8 Å². The van der Waals surface area contributed by atoms with Crippen molar-refractivity contribution in [1.29, 1.82) is 0 Å². The fourth-order valence-electron chi connectivity index (χ4n) is 2.65. The number of nitrogens with one attached hydrogen (secondary N) is 2. The average Bonchev–Trinajstić information content (AvgIpc) is 2.45. The standard InChI is InChI=1S/C14H21N3O3S/c1-8-11(13(21-2)17-14(20)16-8)12(19)15-7-9-3-5-10(18)6-4-9/h9-10,18H,3-7H2,1-2H3,(H,15,19)(H,16,17,20). The monoisotopic (exact) mass is 311 g/mol. The molecule has 1 aliphatic carbocycles. The number of carbonyl (C=O) groups excluding carboxylic acids is 1. The van der Waals surface area contributed by atoms with Crippen molar-refractivity contribution in [2.45, 2.75) is 43.7 Å². The van der Waals surface area contributed by atoms with Crippen LogP contribution in [0.2, 0.25) is 0 Å². The smallest absolute Gasteiger partial charge is 0.346 e. The first-order valence-corrected chi connectivity index (χ1v) is 8.35. The lowest BCUT2D eigenvalue weighted by Crippen LogP contribution is -2.33. The molecule has 0 unspecified atom stereocenters. The van der Waals surface area contributed by atoms with Crippen LogP contribution in [-0.4, -0.2) is 39.9 Å². The van der Waals surface area contributed by atoms with Crippen molar-refractivity contribution in [3.8, 4) is 0 Å². The molecule has 0 spiro atoms. The van der Waals surface area contributed by atoms with Crippen LogP contribution in [0.15, 0.2) is 9.82 Å². The number of nitrogens with zero attached hydrogens (tertiary/aromatic N) is 1. The number of aliphatic hydroxyl groups excluding tert-OH is 1. The summed E-state index contributed by atoms with van der Waals surface area (Å²) >= 11 is 1.29. The van der Waals surface area contributed by atoms with Gasteiger partial charge in [-0.25, -0.2) is 4.79 Å². The molecule has 1 aromatic heterocycles. The molecule has 1 fully saturated rings. The number of aromatic amines is 1. The molecule has 0 bridgehead atoms. The summed E-state index contributed by atoms with van der Waals surface area (Å²) in [6, 6.07) is 0.